The van der Waals surface area contributed by atoms with Crippen molar-refractivity contribution < 1.29 is 14.3 Å². The normalized spacial score (nSPS) is 20.3. The summed E-state index contributed by atoms with van der Waals surface area (Å²) >= 11 is 6.20. The lowest BCUT2D eigenvalue weighted by Gasteiger charge is -2.23. The van der Waals surface area contributed by atoms with Gasteiger partial charge in [-0.2, -0.15) is 0 Å². The average molecular weight is 364 g/mol. The minimum atomic E-state index is -0.432. The second-order valence-electron chi connectivity index (χ2n) is 6.28. The Bertz CT molecular complexity index is 1010. The summed E-state index contributed by atoms with van der Waals surface area (Å²) in [6, 6.07) is 22.4. The number of amides is 1. The Balaban J connectivity index is 1.76. The summed E-state index contributed by atoms with van der Waals surface area (Å²) < 4.78 is 11.9. The van der Waals surface area contributed by atoms with E-state index in [0.29, 0.717) is 22.2 Å². The molecule has 128 valence electrons. The van der Waals surface area contributed by atoms with E-state index < -0.39 is 12.2 Å². The first-order valence-electron chi connectivity index (χ1n) is 8.33. The van der Waals surface area contributed by atoms with E-state index in [2.05, 4.69) is 0 Å². The van der Waals surface area contributed by atoms with Crippen LogP contribution in [0.3, 0.4) is 0 Å². The highest BCUT2D eigenvalue weighted by molar-refractivity contribution is 6.31. The van der Waals surface area contributed by atoms with Crippen molar-refractivity contribution >= 4 is 23.4 Å². The Kier molecular flexibility index (Phi) is 3.40. The van der Waals surface area contributed by atoms with Crippen LogP contribution >= 0.6 is 11.6 Å². The molecule has 2 aliphatic rings. The Morgan fingerprint density at radius 1 is 0.885 bits per heavy atom. The number of benzene rings is 3. The van der Waals surface area contributed by atoms with Crippen molar-refractivity contribution in [3.63, 3.8) is 0 Å². The van der Waals surface area contributed by atoms with Crippen molar-refractivity contribution in [2.75, 3.05) is 4.90 Å². The monoisotopic (exact) mass is 363 g/mol. The fraction of sp³-hybridized carbons (Fsp3) is 0.0952. The highest BCUT2D eigenvalue weighted by Gasteiger charge is 2.47. The second kappa shape index (κ2) is 5.78. The first-order valence-corrected chi connectivity index (χ1v) is 8.71. The fourth-order valence-corrected chi connectivity index (χ4v) is 3.79. The minimum Gasteiger partial charge on any atom is -0.455 e. The van der Waals surface area contributed by atoms with E-state index in [-0.39, 0.29) is 6.04 Å². The van der Waals surface area contributed by atoms with E-state index in [1.807, 2.05) is 54.6 Å². The number of ether oxygens (including phenoxy) is 2. The third-order valence-corrected chi connectivity index (χ3v) is 4.99. The molecule has 3 aromatic carbocycles. The quantitative estimate of drug-likeness (QED) is 0.541. The van der Waals surface area contributed by atoms with Gasteiger partial charge in [0.15, 0.2) is 11.9 Å². The molecule has 0 N–H and O–H groups in total. The molecule has 0 aliphatic carbocycles. The molecule has 1 saturated heterocycles. The molecule has 0 spiro atoms. The van der Waals surface area contributed by atoms with Crippen molar-refractivity contribution in [1.82, 2.24) is 0 Å². The van der Waals surface area contributed by atoms with E-state index in [9.17, 15) is 4.79 Å². The van der Waals surface area contributed by atoms with Crippen molar-refractivity contribution in [3.05, 3.63) is 88.9 Å². The Hall–Kier alpha value is -2.98. The molecule has 0 aromatic heterocycles. The summed E-state index contributed by atoms with van der Waals surface area (Å²) in [6.45, 7) is 0. The molecule has 1 amide bonds. The number of hydrogen-bond acceptors (Lipinski definition) is 3. The van der Waals surface area contributed by atoms with Crippen molar-refractivity contribution in [3.8, 4) is 11.5 Å². The molecule has 2 aliphatic heterocycles. The number of carbonyl (C=O) groups is 1. The molecule has 5 rings (SSSR count). The van der Waals surface area contributed by atoms with Crippen LogP contribution in [0.4, 0.5) is 10.5 Å². The number of para-hydroxylation sites is 1. The van der Waals surface area contributed by atoms with Gasteiger partial charge in [0.1, 0.15) is 11.8 Å². The molecule has 2 unspecified atom stereocenters. The first kappa shape index (κ1) is 15.3. The lowest BCUT2D eigenvalue weighted by Crippen LogP contribution is -2.27. The van der Waals surface area contributed by atoms with Gasteiger partial charge in [-0.25, -0.2) is 4.79 Å². The lowest BCUT2D eigenvalue weighted by molar-refractivity contribution is 0.132. The molecule has 2 heterocycles. The van der Waals surface area contributed by atoms with Crippen LogP contribution in [-0.4, -0.2) is 6.09 Å². The standard InChI is InChI=1S/C21H14ClNO3/c22-14-10-11-18-16(12-14)23-19(15-8-4-5-9-17(15)25-18)20(26-21(23)24)13-6-2-1-3-7-13/h1-12,19-20H. The molecule has 5 heteroatoms. The number of halogens is 1. The SMILES string of the molecule is O=C1OC(c2ccccc2)C2c3ccccc3Oc3ccc(Cl)cc3N12. The van der Waals surface area contributed by atoms with Crippen LogP contribution in [0, 0.1) is 0 Å². The summed E-state index contributed by atoms with van der Waals surface area (Å²) in [6.07, 6.45) is -0.842. The van der Waals surface area contributed by atoms with Gasteiger partial charge in [-0.1, -0.05) is 60.1 Å². The zero-order chi connectivity index (χ0) is 17.7. The molecule has 26 heavy (non-hydrogen) atoms. The Morgan fingerprint density at radius 2 is 1.65 bits per heavy atom. The highest BCUT2D eigenvalue weighted by atomic mass is 35.5. The summed E-state index contributed by atoms with van der Waals surface area (Å²) in [4.78, 5) is 14.5. The van der Waals surface area contributed by atoms with Crippen LogP contribution in [0.25, 0.3) is 0 Å². The van der Waals surface area contributed by atoms with Gasteiger partial charge in [0.25, 0.3) is 0 Å². The van der Waals surface area contributed by atoms with Gasteiger partial charge in [-0.3, -0.25) is 4.90 Å². The highest BCUT2D eigenvalue weighted by Crippen LogP contribution is 2.53. The second-order valence-corrected chi connectivity index (χ2v) is 6.72. The van der Waals surface area contributed by atoms with Gasteiger partial charge in [-0.15, -0.1) is 0 Å². The number of cyclic esters (lactones) is 1. The van der Waals surface area contributed by atoms with E-state index in [0.717, 1.165) is 11.1 Å². The lowest BCUT2D eigenvalue weighted by atomic mass is 9.94. The molecule has 4 nitrogen and oxygen atoms in total. The number of anilines is 1. The van der Waals surface area contributed by atoms with Gasteiger partial charge in [0, 0.05) is 10.6 Å². The molecule has 0 saturated carbocycles. The zero-order valence-corrected chi connectivity index (χ0v) is 14.4. The maximum atomic E-state index is 12.8. The van der Waals surface area contributed by atoms with E-state index in [1.165, 1.54) is 0 Å². The van der Waals surface area contributed by atoms with Crippen LogP contribution in [0.5, 0.6) is 11.5 Å². The number of fused-ring (bicyclic) bond motifs is 5. The smallest absolute Gasteiger partial charge is 0.415 e. The predicted octanol–water partition coefficient (Wildman–Crippen LogP) is 5.88. The number of carbonyl (C=O) groups excluding carboxylic acids is 1. The number of hydrogen-bond donors (Lipinski definition) is 0. The first-order chi connectivity index (χ1) is 12.7. The van der Waals surface area contributed by atoms with Crippen LogP contribution in [0.15, 0.2) is 72.8 Å². The summed E-state index contributed by atoms with van der Waals surface area (Å²) in [5.41, 5.74) is 2.45. The van der Waals surface area contributed by atoms with E-state index >= 15 is 0 Å². The Morgan fingerprint density at radius 3 is 2.50 bits per heavy atom. The summed E-state index contributed by atoms with van der Waals surface area (Å²) in [5, 5.41) is 0.535. The molecule has 1 fully saturated rings. The van der Waals surface area contributed by atoms with Crippen molar-refractivity contribution in [2.24, 2.45) is 0 Å². The number of nitrogens with zero attached hydrogens (tertiary/aromatic N) is 1. The average Bonchev–Trinajstić information content (AvgIpc) is 2.93. The third kappa shape index (κ3) is 2.26. The van der Waals surface area contributed by atoms with Crippen LogP contribution < -0.4 is 9.64 Å². The zero-order valence-electron chi connectivity index (χ0n) is 13.6. The van der Waals surface area contributed by atoms with Crippen LogP contribution in [0.2, 0.25) is 5.02 Å². The fourth-order valence-electron chi connectivity index (χ4n) is 3.62. The maximum absolute atomic E-state index is 12.8. The molecular formula is C21H14ClNO3. The maximum Gasteiger partial charge on any atom is 0.415 e. The largest absolute Gasteiger partial charge is 0.455 e. The molecule has 0 bridgehead atoms. The van der Waals surface area contributed by atoms with Gasteiger partial charge < -0.3 is 9.47 Å². The predicted molar refractivity (Wildman–Crippen MR) is 98.9 cm³/mol. The van der Waals surface area contributed by atoms with Crippen LogP contribution in [-0.2, 0) is 4.74 Å². The third-order valence-electron chi connectivity index (χ3n) is 4.76. The van der Waals surface area contributed by atoms with E-state index in [4.69, 9.17) is 21.1 Å². The van der Waals surface area contributed by atoms with E-state index in [1.54, 1.807) is 23.1 Å². The number of rotatable bonds is 1. The molecule has 3 aromatic rings. The summed E-state index contributed by atoms with van der Waals surface area (Å²) in [5.74, 6) is 1.29. The molecule has 2 atom stereocenters. The molecule has 0 radical (unpaired) electrons. The summed E-state index contributed by atoms with van der Waals surface area (Å²) in [7, 11) is 0. The minimum absolute atomic E-state index is 0.333. The van der Waals surface area contributed by atoms with Crippen molar-refractivity contribution in [1.29, 1.82) is 0 Å². The Labute approximate surface area is 155 Å². The molecular weight excluding hydrogens is 350 g/mol. The van der Waals surface area contributed by atoms with Crippen molar-refractivity contribution in [2.45, 2.75) is 12.1 Å². The van der Waals surface area contributed by atoms with Gasteiger partial charge in [0.2, 0.25) is 0 Å². The van der Waals surface area contributed by atoms with Gasteiger partial charge in [0.05, 0.1) is 5.69 Å². The van der Waals surface area contributed by atoms with Crippen LogP contribution in [0.1, 0.15) is 23.3 Å². The van der Waals surface area contributed by atoms with Gasteiger partial charge >= 0.3 is 6.09 Å². The van der Waals surface area contributed by atoms with Gasteiger partial charge in [-0.05, 0) is 29.8 Å². The topological polar surface area (TPSA) is 38.8 Å².